The van der Waals surface area contributed by atoms with E-state index in [0.717, 1.165) is 37.3 Å². The third-order valence-electron chi connectivity index (χ3n) is 3.49. The summed E-state index contributed by atoms with van der Waals surface area (Å²) in [5.41, 5.74) is 2.57. The lowest BCUT2D eigenvalue weighted by atomic mass is 10.1. The minimum Gasteiger partial charge on any atom is -0.383 e. The van der Waals surface area contributed by atoms with Crippen LogP contribution in [0, 0.1) is 0 Å². The van der Waals surface area contributed by atoms with E-state index >= 15 is 0 Å². The Balaban J connectivity index is 2.77. The third kappa shape index (κ3) is 6.45. The Morgan fingerprint density at radius 2 is 2.05 bits per heavy atom. The highest BCUT2D eigenvalue weighted by Gasteiger charge is 2.15. The zero-order valence-electron chi connectivity index (χ0n) is 13.5. The molecule has 21 heavy (non-hydrogen) atoms. The lowest BCUT2D eigenvalue weighted by Crippen LogP contribution is -2.38. The zero-order chi connectivity index (χ0) is 15.7. The molecule has 0 aromatic heterocycles. The number of nitrogens with zero attached hydrogens (tertiary/aromatic N) is 1. The van der Waals surface area contributed by atoms with Gasteiger partial charge < -0.3 is 14.8 Å². The lowest BCUT2D eigenvalue weighted by Gasteiger charge is -2.29. The highest BCUT2D eigenvalue weighted by atomic mass is 79.9. The first-order valence-corrected chi connectivity index (χ1v) is 8.05. The molecule has 120 valence electrons. The van der Waals surface area contributed by atoms with Crippen LogP contribution in [0.1, 0.15) is 18.1 Å². The van der Waals surface area contributed by atoms with Crippen LogP contribution in [-0.4, -0.2) is 52.0 Å². The van der Waals surface area contributed by atoms with Crippen molar-refractivity contribution in [2.45, 2.75) is 26.1 Å². The molecule has 0 saturated carbocycles. The van der Waals surface area contributed by atoms with Gasteiger partial charge >= 0.3 is 0 Å². The van der Waals surface area contributed by atoms with Gasteiger partial charge in [0, 0.05) is 44.4 Å². The molecule has 0 radical (unpaired) electrons. The normalized spacial score (nSPS) is 12.9. The van der Waals surface area contributed by atoms with Crippen molar-refractivity contribution in [3.63, 3.8) is 0 Å². The summed E-state index contributed by atoms with van der Waals surface area (Å²) in [4.78, 5) is 2.38. The number of rotatable bonds is 10. The molecule has 0 bridgehead atoms. The summed E-state index contributed by atoms with van der Waals surface area (Å²) in [7, 11) is 5.44. The van der Waals surface area contributed by atoms with Gasteiger partial charge in [0.25, 0.3) is 0 Å². The minimum atomic E-state index is 0.356. The van der Waals surface area contributed by atoms with Crippen LogP contribution in [0.15, 0.2) is 22.7 Å². The predicted octanol–water partition coefficient (Wildman–Crippen LogP) is 2.65. The first-order chi connectivity index (χ1) is 10.1. The Bertz CT molecular complexity index is 415. The summed E-state index contributed by atoms with van der Waals surface area (Å²) >= 11 is 3.68. The van der Waals surface area contributed by atoms with Gasteiger partial charge in [0.15, 0.2) is 0 Å². The van der Waals surface area contributed by atoms with E-state index in [4.69, 9.17) is 9.47 Å². The van der Waals surface area contributed by atoms with Gasteiger partial charge in [-0.1, -0.05) is 28.1 Å². The molecule has 1 unspecified atom stereocenters. The second-order valence-corrected chi connectivity index (χ2v) is 6.08. The number of halogens is 1. The summed E-state index contributed by atoms with van der Waals surface area (Å²) in [6, 6.07) is 6.90. The van der Waals surface area contributed by atoms with Gasteiger partial charge in [0.05, 0.1) is 13.2 Å². The summed E-state index contributed by atoms with van der Waals surface area (Å²) < 4.78 is 11.7. The summed E-state index contributed by atoms with van der Waals surface area (Å²) in [5, 5.41) is 3.17. The quantitative estimate of drug-likeness (QED) is 0.697. The second-order valence-electron chi connectivity index (χ2n) is 5.22. The Morgan fingerprint density at radius 1 is 1.29 bits per heavy atom. The van der Waals surface area contributed by atoms with Gasteiger partial charge in [-0.05, 0) is 31.2 Å². The van der Waals surface area contributed by atoms with Gasteiger partial charge in [-0.25, -0.2) is 0 Å². The number of hydrogen-bond acceptors (Lipinski definition) is 4. The van der Waals surface area contributed by atoms with E-state index < -0.39 is 0 Å². The first kappa shape index (κ1) is 18.6. The molecule has 0 fully saturated rings. The molecule has 1 aromatic carbocycles. The molecule has 0 spiro atoms. The molecule has 1 atom stereocenters. The van der Waals surface area contributed by atoms with Crippen molar-refractivity contribution in [2.24, 2.45) is 0 Å². The molecular formula is C16H27BrN2O2. The second kappa shape index (κ2) is 10.3. The van der Waals surface area contributed by atoms with E-state index in [1.165, 1.54) is 11.1 Å². The lowest BCUT2D eigenvalue weighted by molar-refractivity contribution is 0.0704. The van der Waals surface area contributed by atoms with E-state index in [2.05, 4.69) is 51.3 Å². The van der Waals surface area contributed by atoms with E-state index in [1.54, 1.807) is 14.2 Å². The molecule has 5 heteroatoms. The molecular weight excluding hydrogens is 332 g/mol. The van der Waals surface area contributed by atoms with Gasteiger partial charge in [0.2, 0.25) is 0 Å². The Hall–Kier alpha value is -0.460. The topological polar surface area (TPSA) is 33.7 Å². The van der Waals surface area contributed by atoms with Crippen LogP contribution in [0.5, 0.6) is 0 Å². The average Bonchev–Trinajstić information content (AvgIpc) is 2.46. The van der Waals surface area contributed by atoms with Crippen molar-refractivity contribution in [1.29, 1.82) is 0 Å². The maximum atomic E-state index is 5.28. The Labute approximate surface area is 136 Å². The molecule has 1 aromatic rings. The van der Waals surface area contributed by atoms with Gasteiger partial charge in [-0.2, -0.15) is 0 Å². The van der Waals surface area contributed by atoms with Crippen molar-refractivity contribution in [1.82, 2.24) is 10.2 Å². The average molecular weight is 359 g/mol. The van der Waals surface area contributed by atoms with Crippen LogP contribution in [0.2, 0.25) is 0 Å². The summed E-state index contributed by atoms with van der Waals surface area (Å²) in [5.74, 6) is 0. The standard InChI is InChI=1S/C16H27BrN2O2/c1-13(12-21-4)19(7-8-20-3)11-15-6-5-14(10-18-2)9-16(15)17/h5-6,9,13,18H,7-8,10-12H2,1-4H3. The van der Waals surface area contributed by atoms with Crippen LogP contribution < -0.4 is 5.32 Å². The number of ether oxygens (including phenoxy) is 2. The van der Waals surface area contributed by atoms with Crippen LogP contribution in [0.25, 0.3) is 0 Å². The maximum absolute atomic E-state index is 5.28. The fourth-order valence-corrected chi connectivity index (χ4v) is 2.81. The molecule has 0 aliphatic heterocycles. The van der Waals surface area contributed by atoms with E-state index in [0.29, 0.717) is 6.04 Å². The van der Waals surface area contributed by atoms with Crippen molar-refractivity contribution in [3.05, 3.63) is 33.8 Å². The molecule has 0 aliphatic rings. The Kier molecular flexibility index (Phi) is 9.11. The zero-order valence-corrected chi connectivity index (χ0v) is 15.1. The van der Waals surface area contributed by atoms with Crippen LogP contribution >= 0.6 is 15.9 Å². The predicted molar refractivity (Wildman–Crippen MR) is 90.5 cm³/mol. The SMILES string of the molecule is CNCc1ccc(CN(CCOC)C(C)COC)c(Br)c1. The van der Waals surface area contributed by atoms with E-state index in [1.807, 2.05) is 7.05 Å². The van der Waals surface area contributed by atoms with Crippen LogP contribution in [0.4, 0.5) is 0 Å². The van der Waals surface area contributed by atoms with Gasteiger partial charge in [0.1, 0.15) is 0 Å². The number of methoxy groups -OCH3 is 2. The molecule has 1 N–H and O–H groups in total. The molecule has 0 amide bonds. The van der Waals surface area contributed by atoms with Crippen LogP contribution in [-0.2, 0) is 22.6 Å². The molecule has 0 heterocycles. The first-order valence-electron chi connectivity index (χ1n) is 7.26. The van der Waals surface area contributed by atoms with Crippen molar-refractivity contribution >= 4 is 15.9 Å². The number of benzene rings is 1. The highest BCUT2D eigenvalue weighted by Crippen LogP contribution is 2.21. The molecule has 0 aliphatic carbocycles. The largest absolute Gasteiger partial charge is 0.383 e. The fraction of sp³-hybridized carbons (Fsp3) is 0.625. The number of nitrogens with one attached hydrogen (secondary N) is 1. The van der Waals surface area contributed by atoms with Crippen molar-refractivity contribution in [3.8, 4) is 0 Å². The van der Waals surface area contributed by atoms with Gasteiger partial charge in [-0.15, -0.1) is 0 Å². The fourth-order valence-electron chi connectivity index (χ4n) is 2.26. The smallest absolute Gasteiger partial charge is 0.0615 e. The summed E-state index contributed by atoms with van der Waals surface area (Å²) in [6.07, 6.45) is 0. The van der Waals surface area contributed by atoms with Crippen molar-refractivity contribution in [2.75, 3.05) is 41.0 Å². The monoisotopic (exact) mass is 358 g/mol. The molecule has 0 saturated heterocycles. The van der Waals surface area contributed by atoms with Gasteiger partial charge in [-0.3, -0.25) is 4.90 Å². The van der Waals surface area contributed by atoms with E-state index in [9.17, 15) is 0 Å². The van der Waals surface area contributed by atoms with Crippen LogP contribution in [0.3, 0.4) is 0 Å². The minimum absolute atomic E-state index is 0.356. The third-order valence-corrected chi connectivity index (χ3v) is 4.22. The summed E-state index contributed by atoms with van der Waals surface area (Å²) in [6.45, 7) is 6.29. The highest BCUT2D eigenvalue weighted by molar-refractivity contribution is 9.10. The molecule has 1 rings (SSSR count). The maximum Gasteiger partial charge on any atom is 0.0615 e. The van der Waals surface area contributed by atoms with E-state index in [-0.39, 0.29) is 0 Å². The number of hydrogen-bond donors (Lipinski definition) is 1. The molecule has 4 nitrogen and oxygen atoms in total. The van der Waals surface area contributed by atoms with Crippen molar-refractivity contribution < 1.29 is 9.47 Å². The Morgan fingerprint density at radius 3 is 2.62 bits per heavy atom.